The summed E-state index contributed by atoms with van der Waals surface area (Å²) in [5.74, 6) is -8.60. The highest BCUT2D eigenvalue weighted by molar-refractivity contribution is 6.11. The van der Waals surface area contributed by atoms with Crippen LogP contribution in [0.4, 0.5) is 57.9 Å². The van der Waals surface area contributed by atoms with E-state index < -0.39 is 104 Å². The monoisotopic (exact) mass is 1600 g/mol. The molecule has 15 rings (SSSR count). The van der Waals surface area contributed by atoms with E-state index in [0.717, 1.165) is 122 Å². The molecule has 0 unspecified atom stereocenters. The van der Waals surface area contributed by atoms with E-state index in [1.807, 2.05) is 0 Å². The molecule has 602 valence electrons. The standard InChI is InChI=1S/C23H23F2N3O3.C21H19F2N3O3.C20H17F2N3O4.C18H15F2N3O4/c24-15-9-7-13(17(25)11-15)8-10-18(29)20-21(26)19-16-6-4-2-1-3-5-14(16)12-27-22(19)28(31)23(20)30;22-13-7-5-11(15(23)9-13)6-8-16(27)18-19(24)17-14-4-2-1-3-12(14)10-25-20(17)26(29)21(18)28;21-12-3-1-10(14(22)7-12)2-4-15(26)17-18(23)16-13-9-29-6-5-11(13)8-24-19(16)25(28)20(17)27;19-11-3-1-9(12(20)7-11)2-4-13(25)15-16(21)14-10(8-24)5-6-22-17(14)23(27)18(15)26/h7,9,11-12,31H,1-6,8,10,26H2;5,7,9-10,29H,1-4,6,8,24H2;1,3,7-8,28H,2,4-6,9,23H2;1,3,5-7,24,27H,2,4,8,21H2. The Labute approximate surface area is 651 Å². The number of ether oxygens (including phenoxy) is 1. The Balaban J connectivity index is 0.000000143. The molecule has 13 N–H and O–H groups in total. The number of rotatable bonds is 17. The van der Waals surface area contributed by atoms with Crippen molar-refractivity contribution in [1.29, 1.82) is 0 Å². The topological polar surface area (TPSA) is 422 Å². The number of anilines is 4. The predicted octanol–water partition coefficient (Wildman–Crippen LogP) is 11.3. The van der Waals surface area contributed by atoms with Crippen LogP contribution in [-0.2, 0) is 75.7 Å². The Morgan fingerprint density at radius 1 is 0.371 bits per heavy atom. The number of halogens is 8. The largest absolute Gasteiger partial charge is 0.423 e. The lowest BCUT2D eigenvalue weighted by Gasteiger charge is -2.20. The number of hydrogen-bond donors (Lipinski definition) is 9. The second-order valence-electron chi connectivity index (χ2n) is 27.9. The van der Waals surface area contributed by atoms with Gasteiger partial charge in [-0.1, -0.05) is 37.1 Å². The van der Waals surface area contributed by atoms with Crippen LogP contribution in [0.15, 0.2) is 123 Å². The van der Waals surface area contributed by atoms with Crippen LogP contribution in [0.25, 0.3) is 44.1 Å². The van der Waals surface area contributed by atoms with Gasteiger partial charge in [-0.15, -0.1) is 18.9 Å². The van der Waals surface area contributed by atoms with Crippen molar-refractivity contribution in [2.75, 3.05) is 29.5 Å². The first kappa shape index (κ1) is 82.2. The van der Waals surface area contributed by atoms with Gasteiger partial charge in [0.2, 0.25) is 0 Å². The summed E-state index contributed by atoms with van der Waals surface area (Å²) in [5.41, 5.74) is 24.8. The number of Topliss-reactive ketones (excluding diaryl/α,β-unsaturated/α-hetero) is 4. The van der Waals surface area contributed by atoms with Crippen molar-refractivity contribution >= 4 is 90.0 Å². The number of pyridine rings is 8. The Morgan fingerprint density at radius 3 is 1.00 bits per heavy atom. The number of benzene rings is 4. The number of aliphatic hydroxyl groups excluding tert-OH is 1. The molecule has 3 aliphatic rings. The number of nitrogens with zero attached hydrogens (tertiary/aromatic N) is 8. The summed E-state index contributed by atoms with van der Waals surface area (Å²) in [6, 6.07) is 13.7. The summed E-state index contributed by atoms with van der Waals surface area (Å²) in [7, 11) is 0. The number of carbonyl (C=O) groups excluding carboxylic acids is 4. The molecule has 1 aliphatic heterocycles. The number of aliphatic hydroxyl groups is 1. The maximum atomic E-state index is 13.9. The lowest BCUT2D eigenvalue weighted by Crippen LogP contribution is -2.29. The molecule has 116 heavy (non-hydrogen) atoms. The van der Waals surface area contributed by atoms with Gasteiger partial charge in [0.1, 0.15) is 68.8 Å². The SMILES string of the molecule is Nc1c(C(=O)CCc2ccc(F)cc2F)c(=O)n(O)c2ncc3c(c12)CCCC3.Nc1c(C(=O)CCc2ccc(F)cc2F)c(=O)n(O)c2ncc3c(c12)CCCCCC3.Nc1c(C(=O)CCc2ccc(F)cc2F)c(=O)n(O)c2ncc3c(c12)COCC3.Nc1c(C(=O)CCc2ccc(F)cc2F)c(=O)n(O)c2nccc(CO)c12. The Kier molecular flexibility index (Phi) is 24.8. The lowest BCUT2D eigenvalue weighted by atomic mass is 9.89. The van der Waals surface area contributed by atoms with Gasteiger partial charge in [0.15, 0.2) is 45.7 Å². The third kappa shape index (κ3) is 16.7. The number of fused-ring (bicyclic) bond motifs is 10. The third-order valence-corrected chi connectivity index (χ3v) is 20.7. The van der Waals surface area contributed by atoms with Gasteiger partial charge in [-0.25, -0.2) is 55.1 Å². The van der Waals surface area contributed by atoms with Crippen molar-refractivity contribution in [3.63, 3.8) is 0 Å². The number of nitrogens with two attached hydrogens (primary N) is 4. The Bertz CT molecular complexity index is 6070. The molecule has 12 aromatic rings. The van der Waals surface area contributed by atoms with Crippen LogP contribution in [0, 0.1) is 46.5 Å². The molecule has 0 saturated heterocycles. The molecule has 0 fully saturated rings. The van der Waals surface area contributed by atoms with E-state index in [2.05, 4.69) is 19.9 Å². The fourth-order valence-electron chi connectivity index (χ4n) is 14.7. The lowest BCUT2D eigenvalue weighted by molar-refractivity contribution is 0.0968. The van der Waals surface area contributed by atoms with Gasteiger partial charge in [-0.3, -0.25) is 38.4 Å². The van der Waals surface area contributed by atoms with E-state index in [1.54, 1.807) is 18.6 Å². The van der Waals surface area contributed by atoms with Gasteiger partial charge in [0.05, 0.1) is 53.3 Å². The van der Waals surface area contributed by atoms with Gasteiger partial charge in [-0.05, 0) is 175 Å². The average molecular weight is 1600 g/mol. The maximum Gasteiger partial charge on any atom is 0.297 e. The Morgan fingerprint density at radius 2 is 0.664 bits per heavy atom. The molecule has 34 heteroatoms. The molecule has 8 aromatic heterocycles. The first-order valence-corrected chi connectivity index (χ1v) is 36.7. The molecular formula is C82H74F8N12O14. The van der Waals surface area contributed by atoms with E-state index in [-0.39, 0.29) is 158 Å². The molecule has 0 spiro atoms. The van der Waals surface area contributed by atoms with E-state index in [0.29, 0.717) is 67.8 Å². The summed E-state index contributed by atoms with van der Waals surface area (Å²) in [4.78, 5) is 118. The van der Waals surface area contributed by atoms with Crippen molar-refractivity contribution in [2.24, 2.45) is 0 Å². The quantitative estimate of drug-likeness (QED) is 0.0232. The van der Waals surface area contributed by atoms with Crippen LogP contribution < -0.4 is 45.2 Å². The van der Waals surface area contributed by atoms with Gasteiger partial charge < -0.3 is 53.6 Å². The zero-order chi connectivity index (χ0) is 83.2. The zero-order valence-electron chi connectivity index (χ0n) is 61.7. The average Bonchev–Trinajstić information content (AvgIpc) is 0.758. The summed E-state index contributed by atoms with van der Waals surface area (Å²) in [6.45, 7) is 0.273. The van der Waals surface area contributed by atoms with Crippen LogP contribution in [-0.4, -0.2) is 94.5 Å². The minimum absolute atomic E-state index is 0.000184. The van der Waals surface area contributed by atoms with Gasteiger partial charge in [-0.2, -0.15) is 0 Å². The van der Waals surface area contributed by atoms with Crippen molar-refractivity contribution < 1.29 is 85.0 Å². The van der Waals surface area contributed by atoms with Gasteiger partial charge in [0, 0.05) is 85.5 Å². The molecule has 0 saturated carbocycles. The predicted molar refractivity (Wildman–Crippen MR) is 408 cm³/mol. The highest BCUT2D eigenvalue weighted by Gasteiger charge is 2.31. The highest BCUT2D eigenvalue weighted by Crippen LogP contribution is 2.36. The van der Waals surface area contributed by atoms with E-state index in [1.165, 1.54) is 36.5 Å². The van der Waals surface area contributed by atoms with Crippen LogP contribution >= 0.6 is 0 Å². The second kappa shape index (κ2) is 35.0. The molecule has 2 aliphatic carbocycles. The summed E-state index contributed by atoms with van der Waals surface area (Å²) < 4.78 is 114. The van der Waals surface area contributed by atoms with Crippen molar-refractivity contribution in [2.45, 2.75) is 135 Å². The number of aromatic nitrogens is 8. The fourth-order valence-corrected chi connectivity index (χ4v) is 14.7. The minimum Gasteiger partial charge on any atom is -0.423 e. The number of aryl methyl sites for hydroxylation is 8. The molecule has 0 radical (unpaired) electrons. The molecule has 4 aromatic carbocycles. The van der Waals surface area contributed by atoms with Crippen molar-refractivity contribution in [3.8, 4) is 0 Å². The molecule has 0 bridgehead atoms. The normalized spacial score (nSPS) is 13.1. The van der Waals surface area contributed by atoms with Crippen molar-refractivity contribution in [3.05, 3.63) is 275 Å². The van der Waals surface area contributed by atoms with Crippen molar-refractivity contribution in [1.82, 2.24) is 38.9 Å². The second-order valence-corrected chi connectivity index (χ2v) is 27.9. The molecule has 0 atom stereocenters. The highest BCUT2D eigenvalue weighted by atomic mass is 19.2. The van der Waals surface area contributed by atoms with Crippen LogP contribution in [0.1, 0.15) is 167 Å². The fraction of sp³-hybridized carbons (Fsp3) is 0.268. The number of nitrogen functional groups attached to an aromatic ring is 4. The summed E-state index contributed by atoms with van der Waals surface area (Å²) in [6.07, 6.45) is 14.7. The number of ketones is 4. The van der Waals surface area contributed by atoms with Crippen LogP contribution in [0.3, 0.4) is 0 Å². The number of hydrogen-bond acceptors (Lipinski definition) is 22. The summed E-state index contributed by atoms with van der Waals surface area (Å²) >= 11 is 0. The van der Waals surface area contributed by atoms with Crippen LogP contribution in [0.2, 0.25) is 0 Å². The maximum absolute atomic E-state index is 13.9. The molecule has 9 heterocycles. The zero-order valence-corrected chi connectivity index (χ0v) is 61.7. The minimum atomic E-state index is -1.06. The smallest absolute Gasteiger partial charge is 0.297 e. The van der Waals surface area contributed by atoms with Gasteiger partial charge in [0.25, 0.3) is 22.2 Å². The first-order chi connectivity index (χ1) is 55.5. The van der Waals surface area contributed by atoms with E-state index >= 15 is 0 Å². The first-order valence-electron chi connectivity index (χ1n) is 36.7. The van der Waals surface area contributed by atoms with E-state index in [4.69, 9.17) is 27.7 Å². The van der Waals surface area contributed by atoms with Crippen LogP contribution in [0.5, 0.6) is 0 Å². The number of carbonyl (C=O) groups is 4. The summed E-state index contributed by atoms with van der Waals surface area (Å²) in [5, 5.41) is 51.7. The molecular weight excluding hydrogens is 1530 g/mol. The Hall–Kier alpha value is -13.2. The van der Waals surface area contributed by atoms with Gasteiger partial charge >= 0.3 is 0 Å². The van der Waals surface area contributed by atoms with E-state index in [9.17, 15) is 99.4 Å². The molecule has 0 amide bonds. The molecule has 26 nitrogen and oxygen atoms in total. The third-order valence-electron chi connectivity index (χ3n) is 20.7.